The largest absolute Gasteiger partial charge is 0.335 e. The van der Waals surface area contributed by atoms with Crippen LogP contribution >= 0.6 is 11.6 Å². The summed E-state index contributed by atoms with van der Waals surface area (Å²) in [6, 6.07) is 9.26. The Morgan fingerprint density at radius 2 is 1.71 bits per heavy atom. The first kappa shape index (κ1) is 21.0. The Morgan fingerprint density at radius 3 is 2.29 bits per heavy atom. The molecule has 1 aliphatic heterocycles. The van der Waals surface area contributed by atoms with Crippen LogP contribution in [-0.2, 0) is 6.42 Å². The fraction of sp³-hybridized carbons (Fsp3) is 0.273. The number of pyridine rings is 1. The summed E-state index contributed by atoms with van der Waals surface area (Å²) in [7, 11) is 0. The fourth-order valence-corrected chi connectivity index (χ4v) is 3.93. The molecule has 160 valence electrons. The van der Waals surface area contributed by atoms with Crippen molar-refractivity contribution in [3.8, 4) is 5.82 Å². The molecule has 0 bridgehead atoms. The molecular weight excluding hydrogens is 421 g/mol. The number of aromatic nitrogens is 3. The summed E-state index contributed by atoms with van der Waals surface area (Å²) in [6.45, 7) is 3.49. The zero-order valence-corrected chi connectivity index (χ0v) is 17.7. The minimum absolute atomic E-state index is 0.0815. The summed E-state index contributed by atoms with van der Waals surface area (Å²) >= 11 is 6.02. The minimum atomic E-state index is -0.491. The van der Waals surface area contributed by atoms with Crippen LogP contribution in [0.4, 0.5) is 4.39 Å². The summed E-state index contributed by atoms with van der Waals surface area (Å²) in [5.74, 6) is -0.222. The molecule has 0 unspecified atom stereocenters. The molecule has 0 aliphatic carbocycles. The molecule has 0 saturated carbocycles. The van der Waals surface area contributed by atoms with E-state index < -0.39 is 5.82 Å². The van der Waals surface area contributed by atoms with Crippen molar-refractivity contribution in [1.82, 2.24) is 24.6 Å². The molecule has 3 aromatic rings. The number of hydrogen-bond acceptors (Lipinski definition) is 4. The molecule has 3 heterocycles. The first-order valence-electron chi connectivity index (χ1n) is 10.0. The van der Waals surface area contributed by atoms with Gasteiger partial charge in [-0.15, -0.1) is 0 Å². The number of carbonyl (C=O) groups is 2. The highest BCUT2D eigenvalue weighted by molar-refractivity contribution is 6.33. The van der Waals surface area contributed by atoms with Crippen LogP contribution in [0.25, 0.3) is 5.82 Å². The zero-order valence-electron chi connectivity index (χ0n) is 17.0. The number of benzene rings is 1. The lowest BCUT2D eigenvalue weighted by atomic mass is 10.1. The van der Waals surface area contributed by atoms with Gasteiger partial charge in [0, 0.05) is 32.4 Å². The lowest BCUT2D eigenvalue weighted by Gasteiger charge is -2.35. The molecule has 31 heavy (non-hydrogen) atoms. The van der Waals surface area contributed by atoms with Gasteiger partial charge in [-0.3, -0.25) is 9.59 Å². The second-order valence-electron chi connectivity index (χ2n) is 7.17. The minimum Gasteiger partial charge on any atom is -0.335 e. The zero-order chi connectivity index (χ0) is 22.0. The van der Waals surface area contributed by atoms with Crippen molar-refractivity contribution in [3.05, 3.63) is 76.5 Å². The van der Waals surface area contributed by atoms with E-state index in [1.807, 2.05) is 25.1 Å². The third-order valence-corrected chi connectivity index (χ3v) is 5.63. The quantitative estimate of drug-likeness (QED) is 0.623. The summed E-state index contributed by atoms with van der Waals surface area (Å²) < 4.78 is 14.9. The van der Waals surface area contributed by atoms with E-state index >= 15 is 0 Å². The van der Waals surface area contributed by atoms with Crippen LogP contribution in [-0.4, -0.2) is 62.6 Å². The molecule has 0 radical (unpaired) electrons. The second-order valence-corrected chi connectivity index (χ2v) is 7.57. The molecule has 2 amide bonds. The topological polar surface area (TPSA) is 71.3 Å². The van der Waals surface area contributed by atoms with Crippen molar-refractivity contribution in [3.63, 3.8) is 0 Å². The summed E-state index contributed by atoms with van der Waals surface area (Å²) in [5, 5.41) is 4.45. The average Bonchev–Trinajstić information content (AvgIpc) is 3.23. The summed E-state index contributed by atoms with van der Waals surface area (Å²) in [5.41, 5.74) is 1.59. The number of halogens is 2. The van der Waals surface area contributed by atoms with Crippen molar-refractivity contribution in [2.24, 2.45) is 0 Å². The van der Waals surface area contributed by atoms with Gasteiger partial charge in [-0.2, -0.15) is 5.10 Å². The number of piperazine rings is 1. The third-order valence-electron chi connectivity index (χ3n) is 5.32. The number of amides is 2. The van der Waals surface area contributed by atoms with Crippen molar-refractivity contribution in [1.29, 1.82) is 0 Å². The van der Waals surface area contributed by atoms with Gasteiger partial charge < -0.3 is 9.80 Å². The Labute approximate surface area is 184 Å². The maximum Gasteiger partial charge on any atom is 0.257 e. The monoisotopic (exact) mass is 441 g/mol. The van der Waals surface area contributed by atoms with Gasteiger partial charge in [0.2, 0.25) is 0 Å². The first-order chi connectivity index (χ1) is 15.0. The predicted octanol–water partition coefficient (Wildman–Crippen LogP) is 3.22. The van der Waals surface area contributed by atoms with E-state index in [1.54, 1.807) is 26.9 Å². The van der Waals surface area contributed by atoms with E-state index in [0.717, 1.165) is 11.8 Å². The maximum atomic E-state index is 13.3. The van der Waals surface area contributed by atoms with E-state index in [0.29, 0.717) is 44.0 Å². The SMILES string of the molecule is CCc1c(C(=O)N2CCN(C(=O)c3ccc(F)cc3Cl)CC2)cnn1-c1ccccn1. The Balaban J connectivity index is 1.46. The molecule has 9 heteroatoms. The van der Waals surface area contributed by atoms with Crippen LogP contribution < -0.4 is 0 Å². The first-order valence-corrected chi connectivity index (χ1v) is 10.4. The van der Waals surface area contributed by atoms with Crippen LogP contribution in [0, 0.1) is 5.82 Å². The van der Waals surface area contributed by atoms with Gasteiger partial charge in [0.15, 0.2) is 5.82 Å². The fourth-order valence-electron chi connectivity index (χ4n) is 3.69. The van der Waals surface area contributed by atoms with Crippen LogP contribution in [0.2, 0.25) is 5.02 Å². The maximum absolute atomic E-state index is 13.3. The van der Waals surface area contributed by atoms with Crippen molar-refractivity contribution >= 4 is 23.4 Å². The molecule has 4 rings (SSSR count). The van der Waals surface area contributed by atoms with Crippen LogP contribution in [0.5, 0.6) is 0 Å². The summed E-state index contributed by atoms with van der Waals surface area (Å²) in [4.78, 5) is 33.5. The van der Waals surface area contributed by atoms with Gasteiger partial charge in [0.1, 0.15) is 5.82 Å². The van der Waals surface area contributed by atoms with Crippen molar-refractivity contribution in [2.75, 3.05) is 26.2 Å². The van der Waals surface area contributed by atoms with Gasteiger partial charge in [0.05, 0.1) is 28.0 Å². The van der Waals surface area contributed by atoms with E-state index in [1.165, 1.54) is 12.1 Å². The number of carbonyl (C=O) groups excluding carboxylic acids is 2. The second kappa shape index (κ2) is 8.85. The van der Waals surface area contributed by atoms with Crippen LogP contribution in [0.3, 0.4) is 0 Å². The molecule has 7 nitrogen and oxygen atoms in total. The van der Waals surface area contributed by atoms with Gasteiger partial charge in [0.25, 0.3) is 11.8 Å². The third kappa shape index (κ3) is 4.16. The molecule has 0 spiro atoms. The Hall–Kier alpha value is -3.26. The van der Waals surface area contributed by atoms with E-state index in [4.69, 9.17) is 11.6 Å². The molecule has 1 fully saturated rings. The van der Waals surface area contributed by atoms with Crippen molar-refractivity contribution < 1.29 is 14.0 Å². The average molecular weight is 442 g/mol. The Kier molecular flexibility index (Phi) is 5.99. The smallest absolute Gasteiger partial charge is 0.257 e. The van der Waals surface area contributed by atoms with Gasteiger partial charge in [-0.25, -0.2) is 14.1 Å². The van der Waals surface area contributed by atoms with Gasteiger partial charge >= 0.3 is 0 Å². The highest BCUT2D eigenvalue weighted by Gasteiger charge is 2.28. The lowest BCUT2D eigenvalue weighted by molar-refractivity contribution is 0.0535. The van der Waals surface area contributed by atoms with E-state index in [-0.39, 0.29) is 22.4 Å². The molecule has 1 saturated heterocycles. The van der Waals surface area contributed by atoms with Crippen LogP contribution in [0.15, 0.2) is 48.8 Å². The van der Waals surface area contributed by atoms with Crippen LogP contribution in [0.1, 0.15) is 33.3 Å². The normalized spacial score (nSPS) is 14.0. The predicted molar refractivity (Wildman–Crippen MR) is 114 cm³/mol. The molecular formula is C22H21ClFN5O2. The highest BCUT2D eigenvalue weighted by atomic mass is 35.5. The molecule has 0 N–H and O–H groups in total. The molecule has 1 aromatic carbocycles. The number of rotatable bonds is 4. The van der Waals surface area contributed by atoms with Gasteiger partial charge in [-0.1, -0.05) is 24.6 Å². The number of hydrogen-bond donors (Lipinski definition) is 0. The highest BCUT2D eigenvalue weighted by Crippen LogP contribution is 2.21. The molecule has 1 aliphatic rings. The number of nitrogens with zero attached hydrogens (tertiary/aromatic N) is 5. The van der Waals surface area contributed by atoms with E-state index in [9.17, 15) is 14.0 Å². The molecule has 0 atom stereocenters. The Bertz CT molecular complexity index is 1110. The lowest BCUT2D eigenvalue weighted by Crippen LogP contribution is -2.50. The van der Waals surface area contributed by atoms with Crippen molar-refractivity contribution in [2.45, 2.75) is 13.3 Å². The Morgan fingerprint density at radius 1 is 1.03 bits per heavy atom. The van der Waals surface area contributed by atoms with Gasteiger partial charge in [-0.05, 0) is 36.8 Å². The molecule has 2 aromatic heterocycles. The van der Waals surface area contributed by atoms with E-state index in [2.05, 4.69) is 10.1 Å². The standard InChI is InChI=1S/C22H21ClFN5O2/c1-2-19-17(14-26-29(19)20-5-3-4-8-25-20)22(31)28-11-9-27(10-12-28)21(30)16-7-6-15(24)13-18(16)23/h3-8,13-14H,2,9-12H2,1H3. The summed E-state index contributed by atoms with van der Waals surface area (Å²) in [6.07, 6.45) is 3.88.